The number of anilines is 1. The van der Waals surface area contributed by atoms with E-state index in [1.165, 1.54) is 12.1 Å². The first-order valence-electron chi connectivity index (χ1n) is 4.50. The van der Waals surface area contributed by atoms with Gasteiger partial charge in [-0.2, -0.15) is 0 Å². The minimum atomic E-state index is -0.593. The minimum absolute atomic E-state index is 0.0873. The zero-order chi connectivity index (χ0) is 11.5. The fraction of sp³-hybridized carbons (Fsp3) is 0.222. The van der Waals surface area contributed by atoms with Crippen LogP contribution in [0.2, 0.25) is 0 Å². The zero-order valence-corrected chi connectivity index (χ0v) is 8.13. The van der Waals surface area contributed by atoms with E-state index in [-0.39, 0.29) is 11.4 Å². The second-order valence-electron chi connectivity index (χ2n) is 3.03. The van der Waals surface area contributed by atoms with Crippen LogP contribution in [0.5, 0.6) is 11.5 Å². The Morgan fingerprint density at radius 2 is 1.94 bits per heavy atom. The summed E-state index contributed by atoms with van der Waals surface area (Å²) in [6.07, 6.45) is 0.373. The number of rotatable bonds is 3. The van der Waals surface area contributed by atoms with Gasteiger partial charge in [0.15, 0.2) is 11.5 Å². The average Bonchev–Trinajstić information content (AvgIpc) is 2.28. The topological polar surface area (TPSA) is 90.7 Å². The molecule has 7 nitrogen and oxygen atoms in total. The van der Waals surface area contributed by atoms with Gasteiger partial charge in [0.2, 0.25) is 6.41 Å². The molecule has 0 fully saturated rings. The molecule has 1 N–H and O–H groups in total. The molecule has 16 heavy (non-hydrogen) atoms. The third-order valence-electron chi connectivity index (χ3n) is 2.07. The van der Waals surface area contributed by atoms with Crippen LogP contribution >= 0.6 is 0 Å². The number of hydrogen-bond acceptors (Lipinski definition) is 5. The lowest BCUT2D eigenvalue weighted by Gasteiger charge is -2.18. The van der Waals surface area contributed by atoms with Crippen molar-refractivity contribution in [3.8, 4) is 11.5 Å². The summed E-state index contributed by atoms with van der Waals surface area (Å²) in [6, 6.07) is 2.61. The van der Waals surface area contributed by atoms with E-state index < -0.39 is 4.92 Å². The highest BCUT2D eigenvalue weighted by Gasteiger charge is 2.21. The Kier molecular flexibility index (Phi) is 2.59. The molecule has 1 aromatic rings. The van der Waals surface area contributed by atoms with Gasteiger partial charge in [0, 0.05) is 6.07 Å². The monoisotopic (exact) mass is 224 g/mol. The van der Waals surface area contributed by atoms with Crippen LogP contribution in [0.1, 0.15) is 0 Å². The molecule has 1 aliphatic heterocycles. The van der Waals surface area contributed by atoms with Crippen molar-refractivity contribution in [1.29, 1.82) is 0 Å². The van der Waals surface area contributed by atoms with Crippen LogP contribution in [0.25, 0.3) is 0 Å². The number of hydrogen-bond donors (Lipinski definition) is 1. The molecule has 0 unspecified atom stereocenters. The van der Waals surface area contributed by atoms with Gasteiger partial charge in [0.25, 0.3) is 5.69 Å². The van der Waals surface area contributed by atoms with Crippen molar-refractivity contribution < 1.29 is 19.2 Å². The number of carbonyl (C=O) groups excluding carboxylic acids is 1. The standard InChI is InChI=1S/C9H8N2O5/c12-5-10-6-3-8-9(16-2-1-15-8)4-7(6)11(13)14/h3-5H,1-2H2,(H,10,12). The second kappa shape index (κ2) is 4.05. The van der Waals surface area contributed by atoms with Gasteiger partial charge in [0.05, 0.1) is 11.0 Å². The van der Waals surface area contributed by atoms with Gasteiger partial charge >= 0.3 is 0 Å². The van der Waals surface area contributed by atoms with Gasteiger partial charge in [-0.25, -0.2) is 0 Å². The van der Waals surface area contributed by atoms with Crippen molar-refractivity contribution in [1.82, 2.24) is 0 Å². The molecule has 0 bridgehead atoms. The molecule has 0 radical (unpaired) electrons. The van der Waals surface area contributed by atoms with Crippen LogP contribution in [-0.2, 0) is 4.79 Å². The van der Waals surface area contributed by atoms with Crippen molar-refractivity contribution in [2.75, 3.05) is 18.5 Å². The SMILES string of the molecule is O=CNc1cc2c(cc1[N+](=O)[O-])OCCO2. The van der Waals surface area contributed by atoms with Gasteiger partial charge in [-0.15, -0.1) is 0 Å². The fourth-order valence-electron chi connectivity index (χ4n) is 1.41. The molecule has 1 aliphatic rings. The maximum atomic E-state index is 10.7. The van der Waals surface area contributed by atoms with Crippen molar-refractivity contribution >= 4 is 17.8 Å². The van der Waals surface area contributed by atoms with E-state index in [1.54, 1.807) is 0 Å². The molecule has 1 aromatic carbocycles. The fourth-order valence-corrected chi connectivity index (χ4v) is 1.41. The molecule has 0 saturated heterocycles. The molecule has 84 valence electrons. The third kappa shape index (κ3) is 1.74. The Morgan fingerprint density at radius 3 is 2.50 bits per heavy atom. The zero-order valence-electron chi connectivity index (χ0n) is 8.13. The molecule has 1 amide bonds. The molecule has 2 rings (SSSR count). The number of ether oxygens (including phenoxy) is 2. The summed E-state index contributed by atoms with van der Waals surface area (Å²) < 4.78 is 10.4. The number of nitrogens with zero attached hydrogens (tertiary/aromatic N) is 1. The molecule has 0 saturated carbocycles. The van der Waals surface area contributed by atoms with Crippen molar-refractivity contribution in [2.24, 2.45) is 0 Å². The van der Waals surface area contributed by atoms with Gasteiger partial charge in [0.1, 0.15) is 18.9 Å². The lowest BCUT2D eigenvalue weighted by atomic mass is 10.2. The lowest BCUT2D eigenvalue weighted by molar-refractivity contribution is -0.384. The maximum Gasteiger partial charge on any atom is 0.296 e. The Labute approximate surface area is 90.1 Å². The van der Waals surface area contributed by atoms with E-state index in [1.807, 2.05) is 0 Å². The summed E-state index contributed by atoms with van der Waals surface area (Å²) in [5.74, 6) is 0.704. The smallest absolute Gasteiger partial charge is 0.296 e. The molecule has 0 aromatic heterocycles. The molecule has 0 spiro atoms. The Balaban J connectivity index is 2.49. The number of fused-ring (bicyclic) bond motifs is 1. The minimum Gasteiger partial charge on any atom is -0.486 e. The molecule has 7 heteroatoms. The average molecular weight is 224 g/mol. The number of nitro benzene ring substituents is 1. The van der Waals surface area contributed by atoms with Gasteiger partial charge < -0.3 is 14.8 Å². The highest BCUT2D eigenvalue weighted by molar-refractivity contribution is 5.80. The third-order valence-corrected chi connectivity index (χ3v) is 2.07. The van der Waals surface area contributed by atoms with Crippen LogP contribution in [0.15, 0.2) is 12.1 Å². The molecule has 0 atom stereocenters. The number of nitro groups is 1. The summed E-state index contributed by atoms with van der Waals surface area (Å²) >= 11 is 0. The first-order valence-corrected chi connectivity index (χ1v) is 4.50. The second-order valence-corrected chi connectivity index (χ2v) is 3.03. The highest BCUT2D eigenvalue weighted by atomic mass is 16.6. The molecular weight excluding hydrogens is 216 g/mol. The normalized spacial score (nSPS) is 13.0. The first kappa shape index (κ1) is 10.2. The Bertz CT molecular complexity index is 446. The van der Waals surface area contributed by atoms with Crippen LogP contribution < -0.4 is 14.8 Å². The Hall–Kier alpha value is -2.31. The van der Waals surface area contributed by atoms with E-state index in [4.69, 9.17) is 9.47 Å². The lowest BCUT2D eigenvalue weighted by Crippen LogP contribution is -2.16. The number of benzene rings is 1. The van der Waals surface area contributed by atoms with Gasteiger partial charge in [-0.05, 0) is 0 Å². The predicted molar refractivity (Wildman–Crippen MR) is 53.8 cm³/mol. The number of carbonyl (C=O) groups is 1. The maximum absolute atomic E-state index is 10.7. The molecular formula is C9H8N2O5. The van der Waals surface area contributed by atoms with Crippen LogP contribution in [0.4, 0.5) is 11.4 Å². The highest BCUT2D eigenvalue weighted by Crippen LogP contribution is 2.38. The van der Waals surface area contributed by atoms with Crippen molar-refractivity contribution in [3.63, 3.8) is 0 Å². The van der Waals surface area contributed by atoms with E-state index in [9.17, 15) is 14.9 Å². The van der Waals surface area contributed by atoms with Crippen LogP contribution in [-0.4, -0.2) is 24.5 Å². The molecule has 1 heterocycles. The first-order chi connectivity index (χ1) is 7.72. The van der Waals surface area contributed by atoms with E-state index in [0.29, 0.717) is 31.1 Å². The van der Waals surface area contributed by atoms with Crippen LogP contribution in [0, 0.1) is 10.1 Å². The number of amides is 1. The summed E-state index contributed by atoms with van der Waals surface area (Å²) in [5, 5.41) is 13.0. The van der Waals surface area contributed by atoms with Crippen LogP contribution in [0.3, 0.4) is 0 Å². The summed E-state index contributed by atoms with van der Waals surface area (Å²) in [7, 11) is 0. The summed E-state index contributed by atoms with van der Waals surface area (Å²) in [6.45, 7) is 0.732. The van der Waals surface area contributed by atoms with E-state index >= 15 is 0 Å². The largest absolute Gasteiger partial charge is 0.486 e. The predicted octanol–water partition coefficient (Wildman–Crippen LogP) is 0.934. The van der Waals surface area contributed by atoms with Gasteiger partial charge in [-0.3, -0.25) is 14.9 Å². The quantitative estimate of drug-likeness (QED) is 0.468. The van der Waals surface area contributed by atoms with E-state index in [0.717, 1.165) is 0 Å². The Morgan fingerprint density at radius 1 is 1.31 bits per heavy atom. The molecule has 0 aliphatic carbocycles. The summed E-state index contributed by atoms with van der Waals surface area (Å²) in [5.41, 5.74) is -0.138. The summed E-state index contributed by atoms with van der Waals surface area (Å²) in [4.78, 5) is 20.5. The number of nitrogens with one attached hydrogen (secondary N) is 1. The van der Waals surface area contributed by atoms with E-state index in [2.05, 4.69) is 5.32 Å². The van der Waals surface area contributed by atoms with Gasteiger partial charge in [-0.1, -0.05) is 0 Å². The van der Waals surface area contributed by atoms with Crippen molar-refractivity contribution in [3.05, 3.63) is 22.2 Å². The van der Waals surface area contributed by atoms with Crippen molar-refractivity contribution in [2.45, 2.75) is 0 Å².